The van der Waals surface area contributed by atoms with E-state index < -0.39 is 11.9 Å². The monoisotopic (exact) mass is 251 g/mol. The van der Waals surface area contributed by atoms with Gasteiger partial charge in [0.25, 0.3) is 0 Å². The number of pyridine rings is 1. The molecule has 0 atom stereocenters. The van der Waals surface area contributed by atoms with Crippen LogP contribution in [0.2, 0.25) is 0 Å². The highest BCUT2D eigenvalue weighted by Gasteiger charge is 2.23. The van der Waals surface area contributed by atoms with Crippen LogP contribution in [0.3, 0.4) is 0 Å². The summed E-state index contributed by atoms with van der Waals surface area (Å²) in [6, 6.07) is 3.71. The van der Waals surface area contributed by atoms with Crippen molar-refractivity contribution in [1.29, 1.82) is 0 Å². The maximum atomic E-state index is 11.5. The number of carbonyl (C=O) groups excluding carboxylic acids is 1. The normalized spacial score (nSPS) is 11.7. The second-order valence-electron chi connectivity index (χ2n) is 3.70. The van der Waals surface area contributed by atoms with Gasteiger partial charge >= 0.3 is 11.7 Å². The first kappa shape index (κ1) is 14.0. The summed E-state index contributed by atoms with van der Waals surface area (Å²) < 4.78 is 10.5. The Labute approximate surface area is 106 Å². The number of rotatable bonds is 5. The molecule has 1 aromatic heterocycles. The third kappa shape index (κ3) is 3.23. The zero-order valence-electron chi connectivity index (χ0n) is 10.8. The summed E-state index contributed by atoms with van der Waals surface area (Å²) in [6.07, 6.45) is 5.28. The average Bonchev–Trinajstić information content (AvgIpc) is 2.40. The Bertz CT molecular complexity index is 437. The van der Waals surface area contributed by atoms with Crippen LogP contribution in [0.15, 0.2) is 30.5 Å². The lowest BCUT2D eigenvalue weighted by atomic mass is 10.1. The Morgan fingerprint density at radius 3 is 2.33 bits per heavy atom. The van der Waals surface area contributed by atoms with E-state index in [1.54, 1.807) is 12.4 Å². The molecule has 0 aliphatic rings. The van der Waals surface area contributed by atoms with Gasteiger partial charge in [0.1, 0.15) is 5.95 Å². The van der Waals surface area contributed by atoms with Gasteiger partial charge in [0.05, 0.1) is 7.11 Å². The molecule has 1 rings (SSSR count). The van der Waals surface area contributed by atoms with Gasteiger partial charge in [0.2, 0.25) is 0 Å². The summed E-state index contributed by atoms with van der Waals surface area (Å²) in [5.74, 6) is -1.45. The molecule has 0 saturated heterocycles. The molecule has 98 valence electrons. The van der Waals surface area contributed by atoms with Crippen LogP contribution in [0.1, 0.15) is 18.9 Å². The van der Waals surface area contributed by atoms with Crippen LogP contribution < -0.4 is 9.67 Å². The highest BCUT2D eigenvalue weighted by molar-refractivity contribution is 6.06. The SMILES string of the molecule is CCCc1cc[n+](/C(C(=O)OC)=C(/[O-])OC)cc1. The van der Waals surface area contributed by atoms with Gasteiger partial charge < -0.3 is 14.6 Å². The van der Waals surface area contributed by atoms with Crippen molar-refractivity contribution in [2.45, 2.75) is 19.8 Å². The Kier molecular flexibility index (Phi) is 5.17. The third-order valence-corrected chi connectivity index (χ3v) is 2.45. The fourth-order valence-electron chi connectivity index (χ4n) is 1.55. The Hall–Kier alpha value is -2.04. The highest BCUT2D eigenvalue weighted by atomic mass is 16.6. The highest BCUT2D eigenvalue weighted by Crippen LogP contribution is 2.04. The Morgan fingerprint density at radius 1 is 1.28 bits per heavy atom. The van der Waals surface area contributed by atoms with E-state index in [4.69, 9.17) is 0 Å². The Balaban J connectivity index is 3.11. The number of ether oxygens (including phenoxy) is 2. The van der Waals surface area contributed by atoms with Gasteiger partial charge in [-0.2, -0.15) is 4.57 Å². The lowest BCUT2D eigenvalue weighted by Crippen LogP contribution is -2.39. The van der Waals surface area contributed by atoms with E-state index in [-0.39, 0.29) is 5.70 Å². The van der Waals surface area contributed by atoms with Crippen LogP contribution in [0, 0.1) is 0 Å². The van der Waals surface area contributed by atoms with Gasteiger partial charge in [-0.1, -0.05) is 13.3 Å². The molecule has 0 unspecified atom stereocenters. The maximum Gasteiger partial charge on any atom is 0.405 e. The summed E-state index contributed by atoms with van der Waals surface area (Å²) in [6.45, 7) is 2.08. The number of aryl methyl sites for hydroxylation is 1. The van der Waals surface area contributed by atoms with Gasteiger partial charge in [-0.3, -0.25) is 0 Å². The molecule has 1 aromatic rings. The predicted octanol–water partition coefficient (Wildman–Crippen LogP) is 0.232. The number of nitrogens with zero attached hydrogens (tertiary/aromatic N) is 1. The van der Waals surface area contributed by atoms with Gasteiger partial charge in [-0.15, -0.1) is 0 Å². The predicted molar refractivity (Wildman–Crippen MR) is 62.9 cm³/mol. The van der Waals surface area contributed by atoms with E-state index in [2.05, 4.69) is 16.4 Å². The van der Waals surface area contributed by atoms with Crippen molar-refractivity contribution in [3.8, 4) is 0 Å². The van der Waals surface area contributed by atoms with Crippen molar-refractivity contribution >= 4 is 11.7 Å². The molecule has 0 fully saturated rings. The third-order valence-electron chi connectivity index (χ3n) is 2.45. The molecule has 0 N–H and O–H groups in total. The molecule has 0 radical (unpaired) electrons. The van der Waals surface area contributed by atoms with Crippen LogP contribution >= 0.6 is 0 Å². The van der Waals surface area contributed by atoms with E-state index in [9.17, 15) is 9.90 Å². The molecule has 1 heterocycles. The molecule has 0 bridgehead atoms. The fourth-order valence-corrected chi connectivity index (χ4v) is 1.55. The average molecular weight is 251 g/mol. The minimum absolute atomic E-state index is 0.164. The molecule has 5 nitrogen and oxygen atoms in total. The van der Waals surface area contributed by atoms with Crippen LogP contribution in [0.4, 0.5) is 0 Å². The summed E-state index contributed by atoms with van der Waals surface area (Å²) in [7, 11) is 2.44. The lowest BCUT2D eigenvalue weighted by molar-refractivity contribution is -0.586. The minimum atomic E-state index is -0.727. The van der Waals surface area contributed by atoms with Crippen LogP contribution in [-0.4, -0.2) is 20.2 Å². The van der Waals surface area contributed by atoms with Gasteiger partial charge in [0, 0.05) is 12.1 Å². The number of carbonyl (C=O) groups is 1. The summed E-state index contributed by atoms with van der Waals surface area (Å²) in [5.41, 5.74) is 0.978. The van der Waals surface area contributed by atoms with Crippen molar-refractivity contribution in [2.75, 3.05) is 14.2 Å². The van der Waals surface area contributed by atoms with E-state index >= 15 is 0 Å². The molecular formula is C13H17NO4. The number of hydrogen-bond acceptors (Lipinski definition) is 4. The zero-order chi connectivity index (χ0) is 13.5. The molecule has 0 aliphatic carbocycles. The largest absolute Gasteiger partial charge is 0.612 e. The molecule has 0 spiro atoms. The lowest BCUT2D eigenvalue weighted by Gasteiger charge is -2.10. The molecule has 0 aromatic carbocycles. The molecule has 5 heteroatoms. The van der Waals surface area contributed by atoms with E-state index in [1.165, 1.54) is 18.8 Å². The first-order valence-corrected chi connectivity index (χ1v) is 5.68. The first-order chi connectivity index (χ1) is 8.63. The van der Waals surface area contributed by atoms with E-state index in [0.717, 1.165) is 18.4 Å². The van der Waals surface area contributed by atoms with Gasteiger partial charge in [-0.05, 0) is 19.1 Å². The first-order valence-electron chi connectivity index (χ1n) is 5.68. The van der Waals surface area contributed by atoms with Crippen molar-refractivity contribution in [2.24, 2.45) is 0 Å². The van der Waals surface area contributed by atoms with E-state index in [0.29, 0.717) is 0 Å². The van der Waals surface area contributed by atoms with Gasteiger partial charge in [0.15, 0.2) is 12.4 Å². The van der Waals surface area contributed by atoms with Crippen molar-refractivity contribution in [3.63, 3.8) is 0 Å². The minimum Gasteiger partial charge on any atom is -0.612 e. The van der Waals surface area contributed by atoms with Crippen LogP contribution in [0.5, 0.6) is 0 Å². The number of aromatic nitrogens is 1. The summed E-state index contributed by atoms with van der Waals surface area (Å²) in [4.78, 5) is 11.5. The van der Waals surface area contributed by atoms with Crippen molar-refractivity contribution in [1.82, 2.24) is 0 Å². The topological polar surface area (TPSA) is 62.5 Å². The summed E-state index contributed by atoms with van der Waals surface area (Å²) in [5, 5.41) is 11.5. The number of hydrogen-bond donors (Lipinski definition) is 0. The fraction of sp³-hybridized carbons (Fsp3) is 0.385. The maximum absolute atomic E-state index is 11.5. The summed E-state index contributed by atoms with van der Waals surface area (Å²) >= 11 is 0. The van der Waals surface area contributed by atoms with Crippen molar-refractivity contribution in [3.05, 3.63) is 36.0 Å². The zero-order valence-corrected chi connectivity index (χ0v) is 10.8. The van der Waals surface area contributed by atoms with E-state index in [1.807, 2.05) is 12.1 Å². The Morgan fingerprint density at radius 2 is 1.89 bits per heavy atom. The standard InChI is InChI=1S/C13H17NO4/c1-4-5-10-6-8-14(9-7-10)11(12(15)17-2)13(16)18-3/h6-9H,4-5H2,1-3H3. The number of methoxy groups -OCH3 is 2. The quantitative estimate of drug-likeness (QED) is 0.325. The van der Waals surface area contributed by atoms with Crippen LogP contribution in [0.25, 0.3) is 5.70 Å². The van der Waals surface area contributed by atoms with Crippen molar-refractivity contribution < 1.29 is 23.9 Å². The molecule has 0 amide bonds. The molecule has 0 saturated carbocycles. The second kappa shape index (κ2) is 6.64. The van der Waals surface area contributed by atoms with Crippen LogP contribution in [-0.2, 0) is 20.7 Å². The molecule has 0 aliphatic heterocycles. The van der Waals surface area contributed by atoms with Gasteiger partial charge in [-0.25, -0.2) is 4.79 Å². The number of esters is 1. The second-order valence-corrected chi connectivity index (χ2v) is 3.70. The smallest absolute Gasteiger partial charge is 0.405 e. The molecular weight excluding hydrogens is 234 g/mol. The molecule has 18 heavy (non-hydrogen) atoms.